The van der Waals surface area contributed by atoms with E-state index in [4.69, 9.17) is 0 Å². The summed E-state index contributed by atoms with van der Waals surface area (Å²) in [5.41, 5.74) is 2.41. The lowest BCUT2D eigenvalue weighted by Gasteiger charge is -2.20. The summed E-state index contributed by atoms with van der Waals surface area (Å²) < 4.78 is 4.36. The summed E-state index contributed by atoms with van der Waals surface area (Å²) in [4.78, 5) is 2.17. The number of aromatic nitrogens is 2. The summed E-state index contributed by atoms with van der Waals surface area (Å²) >= 11 is 5.97. The molecular weight excluding hydrogens is 443 g/mol. The van der Waals surface area contributed by atoms with E-state index < -0.39 is 0 Å². The molecule has 0 spiro atoms. The number of benzene rings is 1. The lowest BCUT2D eigenvalue weighted by Crippen LogP contribution is -2.25. The Morgan fingerprint density at radius 3 is 2.57 bits per heavy atom. The third-order valence-electron chi connectivity index (χ3n) is 3.36. The molecule has 6 heteroatoms. The van der Waals surface area contributed by atoms with E-state index in [9.17, 15) is 0 Å². The Balaban J connectivity index is 2.33. The van der Waals surface area contributed by atoms with Gasteiger partial charge >= 0.3 is 0 Å². The molecule has 1 aromatic heterocycles. The minimum Gasteiger partial charge on any atom is -0.308 e. The molecule has 1 unspecified atom stereocenters. The molecule has 2 aromatic rings. The van der Waals surface area contributed by atoms with Gasteiger partial charge in [-0.2, -0.15) is 5.10 Å². The van der Waals surface area contributed by atoms with E-state index in [1.807, 2.05) is 13.2 Å². The van der Waals surface area contributed by atoms with Crippen LogP contribution in [0.4, 0.5) is 0 Å². The van der Waals surface area contributed by atoms with Gasteiger partial charge in [0.15, 0.2) is 0 Å². The van der Waals surface area contributed by atoms with E-state index >= 15 is 0 Å². The van der Waals surface area contributed by atoms with Crippen LogP contribution in [0.25, 0.3) is 0 Å². The Hall–Kier alpha value is -0.440. The first-order valence-corrected chi connectivity index (χ1v) is 8.68. The molecule has 1 aromatic carbocycles. The fourth-order valence-electron chi connectivity index (χ4n) is 2.25. The first-order valence-electron chi connectivity index (χ1n) is 6.81. The third-order valence-corrected chi connectivity index (χ3v) is 4.69. The Bertz CT molecular complexity index is 580. The number of halogens is 2. The highest BCUT2D eigenvalue weighted by Gasteiger charge is 2.20. The van der Waals surface area contributed by atoms with Crippen LogP contribution < -0.4 is 5.32 Å². The molecule has 21 heavy (non-hydrogen) atoms. The van der Waals surface area contributed by atoms with Gasteiger partial charge in [-0.1, -0.05) is 12.1 Å². The number of likely N-dealkylation sites (N-methyl/N-ethyl adjacent to an activating group) is 1. The van der Waals surface area contributed by atoms with Crippen LogP contribution in [0.3, 0.4) is 0 Å². The molecule has 0 bridgehead atoms. The predicted molar refractivity (Wildman–Crippen MR) is 98.5 cm³/mol. The molecule has 0 saturated carbocycles. The quantitative estimate of drug-likeness (QED) is 0.669. The third kappa shape index (κ3) is 4.28. The van der Waals surface area contributed by atoms with E-state index in [1.54, 1.807) is 0 Å². The van der Waals surface area contributed by atoms with Crippen molar-refractivity contribution in [3.8, 4) is 0 Å². The second-order valence-electron chi connectivity index (χ2n) is 5.18. The molecule has 0 aliphatic heterocycles. The van der Waals surface area contributed by atoms with Gasteiger partial charge in [0.05, 0.1) is 29.0 Å². The van der Waals surface area contributed by atoms with Crippen molar-refractivity contribution in [3.63, 3.8) is 0 Å². The molecular formula is C15H20BrIN4. The largest absolute Gasteiger partial charge is 0.308 e. The van der Waals surface area contributed by atoms with Gasteiger partial charge in [-0.15, -0.1) is 0 Å². The number of nitrogens with one attached hydrogen (secondary N) is 1. The molecule has 0 radical (unpaired) electrons. The van der Waals surface area contributed by atoms with E-state index in [0.717, 1.165) is 17.6 Å². The molecule has 1 heterocycles. The second-order valence-corrected chi connectivity index (χ2v) is 7.28. The van der Waals surface area contributed by atoms with Crippen molar-refractivity contribution in [2.75, 3.05) is 27.7 Å². The van der Waals surface area contributed by atoms with Crippen LogP contribution in [-0.2, 0) is 6.54 Å². The Labute approximate surface area is 148 Å². The fraction of sp³-hybridized carbons (Fsp3) is 0.400. The topological polar surface area (TPSA) is 33.1 Å². The fourth-order valence-corrected chi connectivity index (χ4v) is 3.13. The van der Waals surface area contributed by atoms with Crippen LogP contribution in [0.5, 0.6) is 0 Å². The lowest BCUT2D eigenvalue weighted by atomic mass is 10.0. The van der Waals surface area contributed by atoms with Crippen LogP contribution >= 0.6 is 38.5 Å². The Morgan fingerprint density at radius 2 is 2.00 bits per heavy atom. The summed E-state index contributed by atoms with van der Waals surface area (Å²) in [6.07, 6.45) is 1.88. The molecule has 0 aliphatic carbocycles. The van der Waals surface area contributed by atoms with E-state index in [0.29, 0.717) is 0 Å². The van der Waals surface area contributed by atoms with Gasteiger partial charge in [0.25, 0.3) is 0 Å². The summed E-state index contributed by atoms with van der Waals surface area (Å²) in [6.45, 7) is 1.83. The first kappa shape index (κ1) is 16.9. The van der Waals surface area contributed by atoms with Gasteiger partial charge in [0.2, 0.25) is 0 Å². The minimum atomic E-state index is 0.126. The Morgan fingerprint density at radius 1 is 1.33 bits per heavy atom. The van der Waals surface area contributed by atoms with Gasteiger partial charge in [-0.25, -0.2) is 0 Å². The molecule has 0 amide bonds. The van der Waals surface area contributed by atoms with Gasteiger partial charge in [-0.05, 0) is 77.4 Å². The van der Waals surface area contributed by atoms with Crippen molar-refractivity contribution < 1.29 is 0 Å². The second kappa shape index (κ2) is 7.71. The SMILES string of the molecule is CNC(c1ccc(I)cc1)c1c(Br)cnn1CCN(C)C. The number of hydrogen-bond acceptors (Lipinski definition) is 3. The molecule has 0 fully saturated rings. The molecule has 114 valence electrons. The smallest absolute Gasteiger partial charge is 0.0757 e. The average Bonchev–Trinajstić information content (AvgIpc) is 2.81. The van der Waals surface area contributed by atoms with Crippen LogP contribution in [0, 0.1) is 3.57 Å². The van der Waals surface area contributed by atoms with Crippen LogP contribution in [0.15, 0.2) is 34.9 Å². The summed E-state index contributed by atoms with van der Waals surface area (Å²) in [7, 11) is 6.14. The van der Waals surface area contributed by atoms with Crippen molar-refractivity contribution in [2.24, 2.45) is 0 Å². The minimum absolute atomic E-state index is 0.126. The van der Waals surface area contributed by atoms with E-state index in [2.05, 4.69) is 96.9 Å². The van der Waals surface area contributed by atoms with E-state index in [-0.39, 0.29) is 6.04 Å². The normalized spacial score (nSPS) is 12.9. The molecule has 0 saturated heterocycles. The number of rotatable bonds is 6. The Kier molecular flexibility index (Phi) is 6.21. The highest BCUT2D eigenvalue weighted by atomic mass is 127. The number of hydrogen-bond donors (Lipinski definition) is 1. The van der Waals surface area contributed by atoms with Crippen LogP contribution in [-0.4, -0.2) is 42.4 Å². The molecule has 4 nitrogen and oxygen atoms in total. The van der Waals surface area contributed by atoms with Gasteiger partial charge in [-0.3, -0.25) is 4.68 Å². The van der Waals surface area contributed by atoms with Crippen molar-refractivity contribution in [3.05, 3.63) is 49.8 Å². The molecule has 1 atom stereocenters. The van der Waals surface area contributed by atoms with E-state index in [1.165, 1.54) is 14.8 Å². The van der Waals surface area contributed by atoms with Crippen molar-refractivity contribution >= 4 is 38.5 Å². The zero-order valence-electron chi connectivity index (χ0n) is 12.5. The molecule has 2 rings (SSSR count). The zero-order chi connectivity index (χ0) is 15.4. The van der Waals surface area contributed by atoms with Gasteiger partial charge in [0.1, 0.15) is 0 Å². The summed E-state index contributed by atoms with van der Waals surface area (Å²) in [5, 5.41) is 7.90. The van der Waals surface area contributed by atoms with Crippen molar-refractivity contribution in [1.29, 1.82) is 0 Å². The van der Waals surface area contributed by atoms with Crippen molar-refractivity contribution in [1.82, 2.24) is 20.0 Å². The average molecular weight is 463 g/mol. The van der Waals surface area contributed by atoms with Crippen molar-refractivity contribution in [2.45, 2.75) is 12.6 Å². The number of nitrogens with zero attached hydrogens (tertiary/aromatic N) is 3. The summed E-state index contributed by atoms with van der Waals surface area (Å²) in [5.74, 6) is 0. The molecule has 0 aliphatic rings. The van der Waals surface area contributed by atoms with Crippen LogP contribution in [0.2, 0.25) is 0 Å². The maximum atomic E-state index is 4.50. The maximum Gasteiger partial charge on any atom is 0.0757 e. The van der Waals surface area contributed by atoms with Gasteiger partial charge in [0, 0.05) is 10.1 Å². The maximum absolute atomic E-state index is 4.50. The summed E-state index contributed by atoms with van der Waals surface area (Å²) in [6, 6.07) is 8.72. The molecule has 1 N–H and O–H groups in total. The zero-order valence-corrected chi connectivity index (χ0v) is 16.2. The van der Waals surface area contributed by atoms with Crippen LogP contribution in [0.1, 0.15) is 17.3 Å². The lowest BCUT2D eigenvalue weighted by molar-refractivity contribution is 0.366. The standard InChI is InChI=1S/C15H20BrIN4/c1-18-14(11-4-6-12(17)7-5-11)15-13(16)10-19-21(15)9-8-20(2)3/h4-7,10,14,18H,8-9H2,1-3H3. The van der Waals surface area contributed by atoms with Gasteiger partial charge < -0.3 is 10.2 Å². The predicted octanol–water partition coefficient (Wildman–Crippen LogP) is 3.12. The monoisotopic (exact) mass is 462 g/mol. The first-order chi connectivity index (χ1) is 10.0. The highest BCUT2D eigenvalue weighted by Crippen LogP contribution is 2.28. The highest BCUT2D eigenvalue weighted by molar-refractivity contribution is 14.1.